The summed E-state index contributed by atoms with van der Waals surface area (Å²) in [5.74, 6) is -0.194. The number of phosphoric acid groups is 1. The van der Waals surface area contributed by atoms with Gasteiger partial charge in [0.2, 0.25) is 5.91 Å². The molecule has 0 aliphatic heterocycles. The van der Waals surface area contributed by atoms with Crippen molar-refractivity contribution in [2.24, 2.45) is 0 Å². The van der Waals surface area contributed by atoms with Crippen LogP contribution in [0.1, 0.15) is 264 Å². The lowest BCUT2D eigenvalue weighted by molar-refractivity contribution is -0.870. The number of likely N-dealkylation sites (N-methyl/N-ethyl adjacent to an activating group) is 1. The van der Waals surface area contributed by atoms with Crippen LogP contribution in [-0.4, -0.2) is 68.5 Å². The van der Waals surface area contributed by atoms with Crippen molar-refractivity contribution in [3.05, 3.63) is 12.2 Å². The number of allylic oxidation sites excluding steroid dienone is 1. The third-order valence-corrected chi connectivity index (χ3v) is 13.2. The Morgan fingerprint density at radius 1 is 0.557 bits per heavy atom. The minimum Gasteiger partial charge on any atom is -0.756 e. The molecular weight excluding hydrogens is 780 g/mol. The summed E-state index contributed by atoms with van der Waals surface area (Å²) < 4.78 is 23.2. The molecular formula is C52H105N2O6P. The third kappa shape index (κ3) is 47.0. The number of carbonyl (C=O) groups excluding carboxylic acids is 1. The molecule has 0 spiro atoms. The van der Waals surface area contributed by atoms with E-state index in [0.29, 0.717) is 17.4 Å². The molecule has 1 unspecified atom stereocenters. The molecule has 0 aliphatic rings. The zero-order chi connectivity index (χ0) is 45.0. The van der Waals surface area contributed by atoms with Gasteiger partial charge in [0.15, 0.2) is 0 Å². The van der Waals surface area contributed by atoms with Crippen molar-refractivity contribution in [3.8, 4) is 0 Å². The highest BCUT2D eigenvalue weighted by atomic mass is 31.2. The van der Waals surface area contributed by atoms with Crippen LogP contribution in [0, 0.1) is 0 Å². The van der Waals surface area contributed by atoms with Crippen molar-refractivity contribution in [1.29, 1.82) is 0 Å². The fraction of sp³-hybridized carbons (Fsp3) is 0.942. The molecule has 0 radical (unpaired) electrons. The van der Waals surface area contributed by atoms with Crippen LogP contribution in [0.15, 0.2) is 12.2 Å². The Kier molecular flexibility index (Phi) is 43.9. The molecule has 3 atom stereocenters. The second kappa shape index (κ2) is 44.4. The number of quaternary nitrogens is 1. The van der Waals surface area contributed by atoms with Gasteiger partial charge in [0.1, 0.15) is 13.2 Å². The van der Waals surface area contributed by atoms with Crippen LogP contribution in [0.5, 0.6) is 0 Å². The topological polar surface area (TPSA) is 108 Å². The summed E-state index contributed by atoms with van der Waals surface area (Å²) in [6, 6.07) is -0.879. The van der Waals surface area contributed by atoms with Crippen LogP contribution in [0.2, 0.25) is 0 Å². The van der Waals surface area contributed by atoms with Gasteiger partial charge < -0.3 is 28.8 Å². The number of aliphatic hydroxyl groups excluding tert-OH is 1. The maximum Gasteiger partial charge on any atom is 0.268 e. The summed E-state index contributed by atoms with van der Waals surface area (Å²) in [6.07, 6.45) is 53.0. The van der Waals surface area contributed by atoms with Crippen LogP contribution < -0.4 is 10.2 Å². The Labute approximate surface area is 380 Å². The lowest BCUT2D eigenvalue weighted by Gasteiger charge is -2.29. The minimum absolute atomic E-state index is 0.00202. The molecule has 364 valence electrons. The van der Waals surface area contributed by atoms with E-state index in [1.165, 1.54) is 205 Å². The first-order valence-electron chi connectivity index (χ1n) is 26.6. The van der Waals surface area contributed by atoms with Crippen molar-refractivity contribution in [3.63, 3.8) is 0 Å². The zero-order valence-electron chi connectivity index (χ0n) is 41.4. The molecule has 9 heteroatoms. The summed E-state index contributed by atoms with van der Waals surface area (Å²) >= 11 is 0. The second-order valence-electron chi connectivity index (χ2n) is 19.6. The molecule has 0 fully saturated rings. The number of phosphoric ester groups is 1. The van der Waals surface area contributed by atoms with Crippen LogP contribution in [-0.2, 0) is 18.4 Å². The fourth-order valence-corrected chi connectivity index (χ4v) is 8.76. The number of carbonyl (C=O) groups is 1. The van der Waals surface area contributed by atoms with E-state index in [1.807, 2.05) is 27.2 Å². The number of unbranched alkanes of at least 4 members (excludes halogenated alkanes) is 36. The number of nitrogens with zero attached hydrogens (tertiary/aromatic N) is 1. The Hall–Kier alpha value is -0.760. The van der Waals surface area contributed by atoms with E-state index < -0.39 is 20.0 Å². The highest BCUT2D eigenvalue weighted by molar-refractivity contribution is 7.45. The maximum atomic E-state index is 12.9. The van der Waals surface area contributed by atoms with Crippen molar-refractivity contribution < 1.29 is 32.9 Å². The number of rotatable bonds is 49. The Bertz CT molecular complexity index is 1000. The largest absolute Gasteiger partial charge is 0.756 e. The van der Waals surface area contributed by atoms with Gasteiger partial charge in [-0.05, 0) is 19.3 Å². The summed E-state index contributed by atoms with van der Waals surface area (Å²) in [4.78, 5) is 25.3. The molecule has 0 aromatic carbocycles. The number of hydrogen-bond acceptors (Lipinski definition) is 6. The van der Waals surface area contributed by atoms with Gasteiger partial charge in [-0.25, -0.2) is 0 Å². The van der Waals surface area contributed by atoms with E-state index in [2.05, 4.69) is 19.2 Å². The van der Waals surface area contributed by atoms with Crippen LogP contribution in [0.3, 0.4) is 0 Å². The predicted molar refractivity (Wildman–Crippen MR) is 261 cm³/mol. The first kappa shape index (κ1) is 60.2. The van der Waals surface area contributed by atoms with Crippen molar-refractivity contribution >= 4 is 13.7 Å². The Morgan fingerprint density at radius 2 is 0.885 bits per heavy atom. The van der Waals surface area contributed by atoms with E-state index in [0.717, 1.165) is 38.5 Å². The average Bonchev–Trinajstić information content (AvgIpc) is 3.21. The van der Waals surface area contributed by atoms with Crippen molar-refractivity contribution in [1.82, 2.24) is 5.32 Å². The molecule has 0 saturated carbocycles. The highest BCUT2D eigenvalue weighted by Gasteiger charge is 2.23. The average molecular weight is 885 g/mol. The summed E-state index contributed by atoms with van der Waals surface area (Å²) in [5.41, 5.74) is 0. The maximum absolute atomic E-state index is 12.9. The van der Waals surface area contributed by atoms with E-state index in [4.69, 9.17) is 9.05 Å². The normalized spacial score (nSPS) is 14.1. The second-order valence-corrected chi connectivity index (χ2v) is 21.0. The van der Waals surface area contributed by atoms with E-state index in [-0.39, 0.29) is 19.1 Å². The first-order valence-corrected chi connectivity index (χ1v) is 28.0. The van der Waals surface area contributed by atoms with Crippen LogP contribution in [0.4, 0.5) is 0 Å². The predicted octanol–water partition coefficient (Wildman–Crippen LogP) is 14.8. The molecule has 0 heterocycles. The van der Waals surface area contributed by atoms with Gasteiger partial charge >= 0.3 is 0 Å². The van der Waals surface area contributed by atoms with Crippen LogP contribution >= 0.6 is 7.82 Å². The number of amides is 1. The smallest absolute Gasteiger partial charge is 0.268 e. The third-order valence-electron chi connectivity index (χ3n) is 12.2. The fourth-order valence-electron chi connectivity index (χ4n) is 8.04. The highest BCUT2D eigenvalue weighted by Crippen LogP contribution is 2.38. The summed E-state index contributed by atoms with van der Waals surface area (Å²) in [7, 11) is 1.27. The summed E-state index contributed by atoms with van der Waals surface area (Å²) in [5, 5.41) is 13.8. The molecule has 0 bridgehead atoms. The SMILES string of the molecule is CCCCCCCCCC/C=C/[C@@H](O)[C@H](COP(=O)([O-])OCC[N+](C)(C)C)NC(=O)CCCCCCCCCCCCCCCCCCCCCCCCCCCCCCC. The summed E-state index contributed by atoms with van der Waals surface area (Å²) in [6.45, 7) is 4.65. The zero-order valence-corrected chi connectivity index (χ0v) is 42.3. The molecule has 0 rings (SSSR count). The molecule has 0 saturated heterocycles. The van der Waals surface area contributed by atoms with Gasteiger partial charge in [-0.3, -0.25) is 9.36 Å². The lowest BCUT2D eigenvalue weighted by atomic mass is 10.0. The van der Waals surface area contributed by atoms with Gasteiger partial charge in [0, 0.05) is 6.42 Å². The van der Waals surface area contributed by atoms with Crippen LogP contribution in [0.25, 0.3) is 0 Å². The minimum atomic E-state index is -4.58. The standard InChI is InChI=1S/C52H105N2O6P/c1-6-8-10-12-14-16-18-19-20-21-22-23-24-25-26-27-28-29-30-31-32-33-34-35-36-38-40-42-44-46-52(56)53-50(49-60-61(57,58)59-48-47-54(3,4)5)51(55)45-43-41-39-37-17-15-13-11-9-7-2/h43,45,50-51,55H,6-42,44,46-49H2,1-5H3,(H-,53,56,57,58)/b45-43+/t50-,51+/m0/s1. The number of aliphatic hydroxyl groups is 1. The van der Waals surface area contributed by atoms with Gasteiger partial charge in [0.05, 0.1) is 39.9 Å². The van der Waals surface area contributed by atoms with E-state index in [1.54, 1.807) is 6.08 Å². The monoisotopic (exact) mass is 885 g/mol. The number of hydrogen-bond donors (Lipinski definition) is 2. The molecule has 2 N–H and O–H groups in total. The number of nitrogens with one attached hydrogen (secondary N) is 1. The molecule has 0 aromatic rings. The van der Waals surface area contributed by atoms with Gasteiger partial charge in [0.25, 0.3) is 7.82 Å². The molecule has 1 amide bonds. The molecule has 61 heavy (non-hydrogen) atoms. The Morgan fingerprint density at radius 3 is 1.23 bits per heavy atom. The quantitative estimate of drug-likeness (QED) is 0.0273. The lowest BCUT2D eigenvalue weighted by Crippen LogP contribution is -2.45. The van der Waals surface area contributed by atoms with Crippen molar-refractivity contribution in [2.75, 3.05) is 40.9 Å². The van der Waals surface area contributed by atoms with E-state index >= 15 is 0 Å². The van der Waals surface area contributed by atoms with E-state index in [9.17, 15) is 19.4 Å². The van der Waals surface area contributed by atoms with Gasteiger partial charge in [-0.15, -0.1) is 0 Å². The Balaban J connectivity index is 3.98. The van der Waals surface area contributed by atoms with Crippen molar-refractivity contribution in [2.45, 2.75) is 276 Å². The van der Waals surface area contributed by atoms with Gasteiger partial charge in [-0.2, -0.15) is 0 Å². The molecule has 0 aliphatic carbocycles. The molecule has 8 nitrogen and oxygen atoms in total. The molecule has 0 aromatic heterocycles. The first-order chi connectivity index (χ1) is 29.5. The van der Waals surface area contributed by atoms with Gasteiger partial charge in [-0.1, -0.05) is 251 Å².